The molecule has 4 aliphatic carbocycles. The van der Waals surface area contributed by atoms with E-state index in [-0.39, 0.29) is 28.6 Å². The second-order valence-corrected chi connectivity index (χ2v) is 8.76. The van der Waals surface area contributed by atoms with Gasteiger partial charge in [0.1, 0.15) is 6.17 Å². The number of alkyl halides is 1. The predicted molar refractivity (Wildman–Crippen MR) is 87.4 cm³/mol. The summed E-state index contributed by atoms with van der Waals surface area (Å²) in [7, 11) is 0. The molecule has 128 valence electrons. The van der Waals surface area contributed by atoms with Gasteiger partial charge in [0, 0.05) is 12.5 Å². The van der Waals surface area contributed by atoms with E-state index in [0.717, 1.165) is 18.4 Å². The minimum Gasteiger partial charge on any atom is -0.512 e. The Kier molecular flexibility index (Phi) is 3.28. The fourth-order valence-electron chi connectivity index (χ4n) is 6.15. The van der Waals surface area contributed by atoms with Crippen LogP contribution in [0, 0.1) is 28.6 Å². The molecule has 0 radical (unpaired) electrons. The lowest BCUT2D eigenvalue weighted by Crippen LogP contribution is -2.51. The Morgan fingerprint density at radius 2 is 2.00 bits per heavy atom. The maximum absolute atomic E-state index is 14.4. The minimum atomic E-state index is -0.974. The summed E-state index contributed by atoms with van der Waals surface area (Å²) in [5.74, 6) is 1.03. The second-order valence-electron chi connectivity index (χ2n) is 8.76. The van der Waals surface area contributed by atoms with Crippen molar-refractivity contribution in [1.29, 1.82) is 0 Å². The van der Waals surface area contributed by atoms with Crippen molar-refractivity contribution in [3.05, 3.63) is 23.5 Å². The van der Waals surface area contributed by atoms with E-state index in [1.54, 1.807) is 0 Å². The first-order valence-electron chi connectivity index (χ1n) is 8.96. The van der Waals surface area contributed by atoms with Crippen LogP contribution < -0.4 is 5.73 Å². The lowest BCUT2D eigenvalue weighted by Gasteiger charge is -2.55. The zero-order valence-electron chi connectivity index (χ0n) is 14.0. The normalized spacial score (nSPS) is 55.3. The van der Waals surface area contributed by atoms with Gasteiger partial charge < -0.3 is 15.9 Å². The lowest BCUT2D eigenvalue weighted by molar-refractivity contribution is 0.0211. The van der Waals surface area contributed by atoms with Crippen molar-refractivity contribution in [3.63, 3.8) is 0 Å². The fraction of sp³-hybridized carbons (Fsp3) is 0.789. The maximum atomic E-state index is 14.4. The minimum absolute atomic E-state index is 0.0411. The van der Waals surface area contributed by atoms with Crippen molar-refractivity contribution in [2.24, 2.45) is 34.3 Å². The van der Waals surface area contributed by atoms with Crippen LogP contribution in [0.25, 0.3) is 0 Å². The van der Waals surface area contributed by atoms with E-state index in [1.807, 2.05) is 6.08 Å². The summed E-state index contributed by atoms with van der Waals surface area (Å²) < 4.78 is 14.4. The Balaban J connectivity index is 1.78. The van der Waals surface area contributed by atoms with Gasteiger partial charge in [0.15, 0.2) is 0 Å². The van der Waals surface area contributed by atoms with E-state index in [2.05, 4.69) is 19.9 Å². The quantitative estimate of drug-likeness (QED) is 0.600. The van der Waals surface area contributed by atoms with E-state index < -0.39 is 18.3 Å². The molecule has 4 rings (SSSR count). The smallest absolute Gasteiger partial charge is 0.116 e. The fourth-order valence-corrected chi connectivity index (χ4v) is 6.15. The van der Waals surface area contributed by atoms with Gasteiger partial charge in [-0.2, -0.15) is 0 Å². The number of aliphatic hydroxyl groups is 2. The number of halogens is 1. The van der Waals surface area contributed by atoms with Gasteiger partial charge in [0.2, 0.25) is 0 Å². The molecule has 23 heavy (non-hydrogen) atoms. The van der Waals surface area contributed by atoms with Gasteiger partial charge in [-0.3, -0.25) is 0 Å². The summed E-state index contributed by atoms with van der Waals surface area (Å²) in [6, 6.07) is -0.428. The van der Waals surface area contributed by atoms with Crippen molar-refractivity contribution in [3.8, 4) is 0 Å². The highest BCUT2D eigenvalue weighted by Gasteiger charge is 2.60. The van der Waals surface area contributed by atoms with Crippen LogP contribution in [0.2, 0.25) is 0 Å². The van der Waals surface area contributed by atoms with Gasteiger partial charge in [0.05, 0.1) is 11.9 Å². The summed E-state index contributed by atoms with van der Waals surface area (Å²) >= 11 is 0. The van der Waals surface area contributed by atoms with Crippen molar-refractivity contribution < 1.29 is 14.6 Å². The van der Waals surface area contributed by atoms with E-state index in [4.69, 9.17) is 5.73 Å². The molecule has 2 saturated carbocycles. The van der Waals surface area contributed by atoms with Crippen LogP contribution in [-0.2, 0) is 0 Å². The Labute approximate surface area is 137 Å². The topological polar surface area (TPSA) is 66.5 Å². The largest absolute Gasteiger partial charge is 0.512 e. The molecule has 0 aromatic rings. The second kappa shape index (κ2) is 4.82. The number of hydrogen-bond acceptors (Lipinski definition) is 3. The molecule has 0 saturated heterocycles. The van der Waals surface area contributed by atoms with Gasteiger partial charge in [0.25, 0.3) is 0 Å². The van der Waals surface area contributed by atoms with Crippen LogP contribution in [0.5, 0.6) is 0 Å². The molecule has 0 spiro atoms. The first-order chi connectivity index (χ1) is 10.8. The molecule has 8 atom stereocenters. The van der Waals surface area contributed by atoms with Crippen molar-refractivity contribution in [2.75, 3.05) is 0 Å². The summed E-state index contributed by atoms with van der Waals surface area (Å²) in [6.07, 6.45) is 6.29. The highest BCUT2D eigenvalue weighted by molar-refractivity contribution is 5.34. The summed E-state index contributed by atoms with van der Waals surface area (Å²) in [5.41, 5.74) is 6.99. The zero-order valence-corrected chi connectivity index (χ0v) is 14.0. The Bertz CT molecular complexity index is 588. The average molecular weight is 321 g/mol. The number of aliphatic hydroxyl groups excluding tert-OH is 2. The first-order valence-corrected chi connectivity index (χ1v) is 8.96. The number of allylic oxidation sites excluding steroid dienone is 3. The third-order valence-corrected chi connectivity index (χ3v) is 7.74. The van der Waals surface area contributed by atoms with Crippen LogP contribution in [0.4, 0.5) is 4.39 Å². The molecule has 0 heterocycles. The Hall–Kier alpha value is -0.870. The van der Waals surface area contributed by atoms with Crippen molar-refractivity contribution in [2.45, 2.75) is 64.3 Å². The molecule has 0 aromatic carbocycles. The zero-order chi connectivity index (χ0) is 16.6. The molecule has 0 aromatic heterocycles. The molecule has 0 aliphatic heterocycles. The predicted octanol–water partition coefficient (Wildman–Crippen LogP) is 3.25. The van der Waals surface area contributed by atoms with Crippen LogP contribution in [-0.4, -0.2) is 28.5 Å². The SMILES string of the molecule is C[C@]12C=CC(O)CC1CC(O)=C1[C@H]2CC[C@]2(C)C(N)C(F)C[C@@H]12. The summed E-state index contributed by atoms with van der Waals surface area (Å²) in [4.78, 5) is 0. The van der Waals surface area contributed by atoms with E-state index in [9.17, 15) is 14.6 Å². The van der Waals surface area contributed by atoms with Gasteiger partial charge in [-0.05, 0) is 59.8 Å². The molecule has 4 aliphatic rings. The van der Waals surface area contributed by atoms with Crippen LogP contribution in [0.1, 0.15) is 46.0 Å². The average Bonchev–Trinajstić information content (AvgIpc) is 2.73. The monoisotopic (exact) mass is 321 g/mol. The molecule has 2 fully saturated rings. The van der Waals surface area contributed by atoms with E-state index in [0.29, 0.717) is 25.0 Å². The van der Waals surface area contributed by atoms with E-state index >= 15 is 0 Å². The molecular formula is C19H28FNO2. The Morgan fingerprint density at radius 1 is 1.26 bits per heavy atom. The van der Waals surface area contributed by atoms with Gasteiger partial charge in [-0.1, -0.05) is 26.0 Å². The van der Waals surface area contributed by atoms with Crippen molar-refractivity contribution in [1.82, 2.24) is 0 Å². The first kappa shape index (κ1) is 15.6. The number of rotatable bonds is 0. The van der Waals surface area contributed by atoms with Crippen LogP contribution in [0.15, 0.2) is 23.5 Å². The molecule has 4 N–H and O–H groups in total. The van der Waals surface area contributed by atoms with Gasteiger partial charge >= 0.3 is 0 Å². The highest BCUT2D eigenvalue weighted by Crippen LogP contribution is 2.64. The summed E-state index contributed by atoms with van der Waals surface area (Å²) in [5, 5.41) is 20.7. The number of fused-ring (bicyclic) bond motifs is 5. The molecule has 4 unspecified atom stereocenters. The number of nitrogens with two attached hydrogens (primary N) is 1. The van der Waals surface area contributed by atoms with Crippen LogP contribution in [0.3, 0.4) is 0 Å². The molecule has 0 amide bonds. The standard InChI is InChI=1S/C19H28FNO2/c1-18-5-3-11(22)7-10(18)8-15(23)16-12(18)4-6-19(2)13(16)9-14(20)17(19)21/h3,5,10-14,17,22-23H,4,6-9,21H2,1-2H3/t10?,11?,12-,13+,14?,17?,18+,19+/m1/s1. The molecule has 0 bridgehead atoms. The maximum Gasteiger partial charge on any atom is 0.116 e. The Morgan fingerprint density at radius 3 is 2.74 bits per heavy atom. The lowest BCUT2D eigenvalue weighted by atomic mass is 9.49. The number of hydrogen-bond donors (Lipinski definition) is 3. The highest BCUT2D eigenvalue weighted by atomic mass is 19.1. The van der Waals surface area contributed by atoms with Crippen molar-refractivity contribution >= 4 is 0 Å². The van der Waals surface area contributed by atoms with Crippen LogP contribution >= 0.6 is 0 Å². The van der Waals surface area contributed by atoms with E-state index in [1.165, 1.54) is 0 Å². The molecule has 4 heteroatoms. The third kappa shape index (κ3) is 1.94. The molecule has 3 nitrogen and oxygen atoms in total. The van der Waals surface area contributed by atoms with Gasteiger partial charge in [-0.25, -0.2) is 4.39 Å². The molecular weight excluding hydrogens is 293 g/mol. The third-order valence-electron chi connectivity index (χ3n) is 7.74. The summed E-state index contributed by atoms with van der Waals surface area (Å²) in [6.45, 7) is 4.36. The van der Waals surface area contributed by atoms with Gasteiger partial charge in [-0.15, -0.1) is 0 Å².